The number of carbonyl (C=O) groups excluding carboxylic acids is 1. The molecule has 1 aliphatic rings. The van der Waals surface area contributed by atoms with Crippen molar-refractivity contribution in [1.82, 2.24) is 9.88 Å². The number of pyridine rings is 1. The van der Waals surface area contributed by atoms with E-state index >= 15 is 0 Å². The molecular weight excluding hydrogens is 298 g/mol. The molecule has 2 rings (SSSR count). The smallest absolute Gasteiger partial charge is 0.323 e. The summed E-state index contributed by atoms with van der Waals surface area (Å²) in [4.78, 5) is 17.9. The first kappa shape index (κ1) is 13.3. The maximum atomic E-state index is 12.0. The number of amides is 2. The average molecular weight is 314 g/mol. The first-order valence-corrected chi connectivity index (χ1v) is 6.69. The predicted octanol–water partition coefficient (Wildman–Crippen LogP) is 2.00. The highest BCUT2D eigenvalue weighted by Gasteiger charge is 2.25. The topological polar surface area (TPSA) is 65.5 Å². The molecule has 1 aromatic rings. The highest BCUT2D eigenvalue weighted by molar-refractivity contribution is 9.10. The van der Waals surface area contributed by atoms with E-state index in [4.69, 9.17) is 5.11 Å². The van der Waals surface area contributed by atoms with Gasteiger partial charge in [0, 0.05) is 30.1 Å². The van der Waals surface area contributed by atoms with Gasteiger partial charge < -0.3 is 10.0 Å². The molecule has 0 spiro atoms. The Morgan fingerprint density at radius 1 is 1.67 bits per heavy atom. The second-order valence-corrected chi connectivity index (χ2v) is 5.33. The summed E-state index contributed by atoms with van der Waals surface area (Å²) in [6.45, 7) is 3.31. The quantitative estimate of drug-likeness (QED) is 0.877. The van der Waals surface area contributed by atoms with Crippen LogP contribution in [-0.4, -0.2) is 40.7 Å². The van der Waals surface area contributed by atoms with Crippen LogP contribution in [0.5, 0.6) is 0 Å². The highest BCUT2D eigenvalue weighted by Crippen LogP contribution is 2.19. The van der Waals surface area contributed by atoms with Crippen molar-refractivity contribution in [2.45, 2.75) is 13.3 Å². The van der Waals surface area contributed by atoms with E-state index in [1.807, 2.05) is 13.0 Å². The van der Waals surface area contributed by atoms with E-state index in [0.717, 1.165) is 16.6 Å². The number of halogens is 1. The van der Waals surface area contributed by atoms with Gasteiger partial charge >= 0.3 is 6.03 Å². The lowest BCUT2D eigenvalue weighted by atomic mass is 10.1. The lowest BCUT2D eigenvalue weighted by molar-refractivity contribution is 0.208. The molecule has 1 aromatic heterocycles. The number of carbonyl (C=O) groups is 1. The molecule has 98 valence electrons. The Bertz CT molecular complexity index is 453. The van der Waals surface area contributed by atoms with Crippen LogP contribution in [0.25, 0.3) is 0 Å². The number of hydrogen-bond acceptors (Lipinski definition) is 3. The van der Waals surface area contributed by atoms with Crippen LogP contribution in [0.1, 0.15) is 12.1 Å². The number of aryl methyl sites for hydroxylation is 1. The van der Waals surface area contributed by atoms with E-state index < -0.39 is 0 Å². The van der Waals surface area contributed by atoms with Gasteiger partial charge in [-0.15, -0.1) is 0 Å². The molecule has 0 bridgehead atoms. The third kappa shape index (κ3) is 3.00. The third-order valence-corrected chi connectivity index (χ3v) is 3.93. The Morgan fingerprint density at radius 2 is 2.44 bits per heavy atom. The van der Waals surface area contributed by atoms with Crippen LogP contribution in [0.3, 0.4) is 0 Å². The van der Waals surface area contributed by atoms with Crippen molar-refractivity contribution < 1.29 is 9.90 Å². The zero-order valence-corrected chi connectivity index (χ0v) is 11.8. The van der Waals surface area contributed by atoms with E-state index in [9.17, 15) is 4.79 Å². The second-order valence-electron chi connectivity index (χ2n) is 4.48. The first-order valence-electron chi connectivity index (χ1n) is 5.90. The molecule has 2 N–H and O–H groups in total. The van der Waals surface area contributed by atoms with Crippen LogP contribution in [0.2, 0.25) is 0 Å². The minimum absolute atomic E-state index is 0.138. The second kappa shape index (κ2) is 5.67. The van der Waals surface area contributed by atoms with Crippen molar-refractivity contribution in [2.24, 2.45) is 5.92 Å². The Labute approximate surface area is 114 Å². The molecule has 0 radical (unpaired) electrons. The molecular formula is C12H16BrN3O2. The molecule has 5 nitrogen and oxygen atoms in total. The van der Waals surface area contributed by atoms with Crippen LogP contribution >= 0.6 is 15.9 Å². The van der Waals surface area contributed by atoms with Gasteiger partial charge in [-0.3, -0.25) is 5.32 Å². The average Bonchev–Trinajstić information content (AvgIpc) is 2.82. The van der Waals surface area contributed by atoms with E-state index in [1.54, 1.807) is 11.0 Å². The largest absolute Gasteiger partial charge is 0.396 e. The molecule has 6 heteroatoms. The Hall–Kier alpha value is -1.14. The Balaban J connectivity index is 1.97. The highest BCUT2D eigenvalue weighted by atomic mass is 79.9. The van der Waals surface area contributed by atoms with Crippen molar-refractivity contribution in [2.75, 3.05) is 25.0 Å². The summed E-state index contributed by atoms with van der Waals surface area (Å²) in [6.07, 6.45) is 0.858. The van der Waals surface area contributed by atoms with Gasteiger partial charge in [-0.05, 0) is 41.4 Å². The number of nitrogens with zero attached hydrogens (tertiary/aromatic N) is 2. The predicted molar refractivity (Wildman–Crippen MR) is 72.5 cm³/mol. The fourth-order valence-electron chi connectivity index (χ4n) is 1.97. The standard InChI is InChI=1S/C12H16BrN3O2/c1-8-10(13)2-3-11(14-8)15-12(18)16-5-4-9(6-16)7-17/h2-3,9,17H,4-7H2,1H3,(H,14,15,18)/t9-/m1/s1. The number of nitrogens with one attached hydrogen (secondary N) is 1. The van der Waals surface area contributed by atoms with Gasteiger partial charge in [0.1, 0.15) is 5.82 Å². The molecule has 1 aliphatic heterocycles. The number of hydrogen-bond donors (Lipinski definition) is 2. The summed E-state index contributed by atoms with van der Waals surface area (Å²) in [5.41, 5.74) is 0.836. The molecule has 0 aliphatic carbocycles. The molecule has 2 amide bonds. The fourth-order valence-corrected chi connectivity index (χ4v) is 2.19. The van der Waals surface area contributed by atoms with Crippen LogP contribution in [-0.2, 0) is 0 Å². The minimum atomic E-state index is -0.153. The van der Waals surface area contributed by atoms with Crippen LogP contribution in [0.4, 0.5) is 10.6 Å². The van der Waals surface area contributed by atoms with Crippen LogP contribution < -0.4 is 5.32 Å². The Kier molecular flexibility index (Phi) is 4.19. The van der Waals surface area contributed by atoms with Crippen molar-refractivity contribution in [3.8, 4) is 0 Å². The van der Waals surface area contributed by atoms with Gasteiger partial charge in [0.15, 0.2) is 0 Å². The summed E-state index contributed by atoms with van der Waals surface area (Å²) in [7, 11) is 0. The fraction of sp³-hybridized carbons (Fsp3) is 0.500. The maximum Gasteiger partial charge on any atom is 0.323 e. The lowest BCUT2D eigenvalue weighted by Gasteiger charge is -2.16. The van der Waals surface area contributed by atoms with E-state index in [-0.39, 0.29) is 18.6 Å². The van der Waals surface area contributed by atoms with E-state index in [1.165, 1.54) is 0 Å². The first-order chi connectivity index (χ1) is 8.60. The zero-order chi connectivity index (χ0) is 13.1. The molecule has 1 fully saturated rings. The summed E-state index contributed by atoms with van der Waals surface area (Å²) in [5.74, 6) is 0.753. The van der Waals surface area contributed by atoms with Gasteiger partial charge in [0.25, 0.3) is 0 Å². The minimum Gasteiger partial charge on any atom is -0.396 e. The Morgan fingerprint density at radius 3 is 3.06 bits per heavy atom. The molecule has 18 heavy (non-hydrogen) atoms. The summed E-state index contributed by atoms with van der Waals surface area (Å²) >= 11 is 3.37. The monoisotopic (exact) mass is 313 g/mol. The van der Waals surface area contributed by atoms with Gasteiger partial charge in [-0.25, -0.2) is 9.78 Å². The number of aliphatic hydroxyl groups is 1. The van der Waals surface area contributed by atoms with Gasteiger partial charge in [0.2, 0.25) is 0 Å². The number of rotatable bonds is 2. The van der Waals surface area contributed by atoms with Crippen molar-refractivity contribution in [3.05, 3.63) is 22.3 Å². The van der Waals surface area contributed by atoms with Gasteiger partial charge in [-0.2, -0.15) is 0 Å². The molecule has 0 aromatic carbocycles. The number of aliphatic hydroxyl groups excluding tert-OH is 1. The molecule has 0 saturated carbocycles. The number of likely N-dealkylation sites (tertiary alicyclic amines) is 1. The van der Waals surface area contributed by atoms with Crippen molar-refractivity contribution in [3.63, 3.8) is 0 Å². The zero-order valence-electron chi connectivity index (χ0n) is 10.2. The normalized spacial score (nSPS) is 19.1. The molecule has 0 unspecified atom stereocenters. The van der Waals surface area contributed by atoms with Crippen LogP contribution in [0, 0.1) is 12.8 Å². The molecule has 1 saturated heterocycles. The van der Waals surface area contributed by atoms with Gasteiger partial charge in [-0.1, -0.05) is 0 Å². The van der Waals surface area contributed by atoms with Crippen molar-refractivity contribution in [1.29, 1.82) is 0 Å². The summed E-state index contributed by atoms with van der Waals surface area (Å²) < 4.78 is 0.919. The van der Waals surface area contributed by atoms with E-state index in [2.05, 4.69) is 26.2 Å². The SMILES string of the molecule is Cc1nc(NC(=O)N2CC[C@@H](CO)C2)ccc1Br. The van der Waals surface area contributed by atoms with Crippen LogP contribution in [0.15, 0.2) is 16.6 Å². The van der Waals surface area contributed by atoms with E-state index in [0.29, 0.717) is 18.9 Å². The number of aromatic nitrogens is 1. The molecule has 2 heterocycles. The van der Waals surface area contributed by atoms with Crippen molar-refractivity contribution >= 4 is 27.8 Å². The molecule has 1 atom stereocenters. The maximum absolute atomic E-state index is 12.0. The summed E-state index contributed by atoms with van der Waals surface area (Å²) in [5, 5.41) is 11.8. The number of anilines is 1. The van der Waals surface area contributed by atoms with Gasteiger partial charge in [0.05, 0.1) is 5.69 Å². The lowest BCUT2D eigenvalue weighted by Crippen LogP contribution is -2.33. The third-order valence-electron chi connectivity index (χ3n) is 3.09. The number of urea groups is 1. The summed E-state index contributed by atoms with van der Waals surface area (Å²) in [6, 6.07) is 3.47.